The summed E-state index contributed by atoms with van der Waals surface area (Å²) in [5, 5.41) is 3.46. The highest BCUT2D eigenvalue weighted by Gasteiger charge is 2.29. The fraction of sp³-hybridized carbons (Fsp3) is 0.172. The van der Waals surface area contributed by atoms with E-state index >= 15 is 0 Å². The molecule has 6 rings (SSSR count). The summed E-state index contributed by atoms with van der Waals surface area (Å²) < 4.78 is 28.6. The molecule has 2 aromatic heterocycles. The fourth-order valence-electron chi connectivity index (χ4n) is 4.81. The molecule has 1 fully saturated rings. The number of nitrogen functional groups attached to an aromatic ring is 2. The van der Waals surface area contributed by atoms with Gasteiger partial charge in [-0.15, -0.1) is 0 Å². The molecule has 0 bridgehead atoms. The minimum absolute atomic E-state index is 0.00522. The molecule has 1 aliphatic heterocycles. The topological polar surface area (TPSA) is 156 Å². The lowest BCUT2D eigenvalue weighted by Crippen LogP contribution is -2.48. The zero-order valence-electron chi connectivity index (χ0n) is 22.6. The van der Waals surface area contributed by atoms with Crippen LogP contribution in [-0.4, -0.2) is 63.7 Å². The summed E-state index contributed by atoms with van der Waals surface area (Å²) in [7, 11) is -3.70. The maximum atomic E-state index is 13.5. The van der Waals surface area contributed by atoms with E-state index in [9.17, 15) is 8.42 Å². The highest BCUT2D eigenvalue weighted by Crippen LogP contribution is 2.37. The van der Waals surface area contributed by atoms with Crippen molar-refractivity contribution in [2.24, 2.45) is 0 Å². The van der Waals surface area contributed by atoms with Crippen molar-refractivity contribution in [2.75, 3.05) is 43.0 Å². The van der Waals surface area contributed by atoms with Crippen LogP contribution in [-0.2, 0) is 16.6 Å². The Labute approximate surface area is 248 Å². The van der Waals surface area contributed by atoms with Gasteiger partial charge in [-0.3, -0.25) is 4.90 Å². The second kappa shape index (κ2) is 11.8. The molecule has 3 aromatic carbocycles. The van der Waals surface area contributed by atoms with Crippen LogP contribution in [0.5, 0.6) is 0 Å². The Bertz CT molecular complexity index is 1790. The SMILES string of the molecule is Nc1nc(Nc2cccc(S(=O)(=O)N3CCN(Cc4ccccc4)CC3)c2)nc(-c2sc(N)nc2-c2ccccc2)n1. The average Bonchev–Trinajstić information content (AvgIpc) is 3.40. The summed E-state index contributed by atoms with van der Waals surface area (Å²) in [5.74, 6) is 0.494. The summed E-state index contributed by atoms with van der Waals surface area (Å²) in [4.78, 5) is 20.7. The van der Waals surface area contributed by atoms with E-state index in [2.05, 4.69) is 42.3 Å². The standard InChI is InChI=1S/C29H29N9O2S2/c30-27-34-26(25-24(33-28(31)41-25)21-10-5-2-6-11-21)35-29(36-27)32-22-12-7-13-23(18-22)42(39,40)38-16-14-37(15-17-38)19-20-8-3-1-4-9-20/h1-13,18H,14-17,19H2,(H2,31,33)(H3,30,32,34,35,36). The summed E-state index contributed by atoms with van der Waals surface area (Å²) >= 11 is 1.25. The first kappa shape index (κ1) is 27.7. The van der Waals surface area contributed by atoms with Gasteiger partial charge in [-0.05, 0) is 23.8 Å². The molecule has 1 saturated heterocycles. The predicted molar refractivity (Wildman–Crippen MR) is 165 cm³/mol. The molecule has 0 atom stereocenters. The average molecular weight is 600 g/mol. The number of piperazine rings is 1. The second-order valence-electron chi connectivity index (χ2n) is 9.76. The molecule has 0 saturated carbocycles. The van der Waals surface area contributed by atoms with Gasteiger partial charge < -0.3 is 16.8 Å². The number of rotatable bonds is 8. The molecule has 0 radical (unpaired) electrons. The largest absolute Gasteiger partial charge is 0.375 e. The normalized spacial score (nSPS) is 14.6. The molecule has 3 heterocycles. The number of hydrogen-bond donors (Lipinski definition) is 3. The summed E-state index contributed by atoms with van der Waals surface area (Å²) in [5.41, 5.74) is 15.3. The van der Waals surface area contributed by atoms with Crippen LogP contribution in [0.3, 0.4) is 0 Å². The minimum atomic E-state index is -3.70. The van der Waals surface area contributed by atoms with Crippen LogP contribution in [0.2, 0.25) is 0 Å². The predicted octanol–water partition coefficient (Wildman–Crippen LogP) is 4.08. The first-order chi connectivity index (χ1) is 20.3. The van der Waals surface area contributed by atoms with Crippen molar-refractivity contribution in [3.63, 3.8) is 0 Å². The van der Waals surface area contributed by atoms with Crippen molar-refractivity contribution in [3.8, 4) is 22.0 Å². The Morgan fingerprint density at radius 1 is 0.810 bits per heavy atom. The number of nitrogens with zero attached hydrogens (tertiary/aromatic N) is 6. The number of benzene rings is 3. The lowest BCUT2D eigenvalue weighted by molar-refractivity contribution is 0.181. The molecule has 0 aliphatic carbocycles. The van der Waals surface area contributed by atoms with E-state index in [0.29, 0.717) is 53.4 Å². The van der Waals surface area contributed by atoms with Crippen LogP contribution >= 0.6 is 11.3 Å². The van der Waals surface area contributed by atoms with Crippen molar-refractivity contribution < 1.29 is 8.42 Å². The third kappa shape index (κ3) is 6.09. The summed E-state index contributed by atoms with van der Waals surface area (Å²) in [6.45, 7) is 2.95. The van der Waals surface area contributed by atoms with Crippen molar-refractivity contribution in [3.05, 3.63) is 90.5 Å². The highest BCUT2D eigenvalue weighted by atomic mass is 32.2. The van der Waals surface area contributed by atoms with Crippen molar-refractivity contribution in [1.29, 1.82) is 0 Å². The van der Waals surface area contributed by atoms with Crippen molar-refractivity contribution in [1.82, 2.24) is 29.1 Å². The summed E-state index contributed by atoms with van der Waals surface area (Å²) in [6.07, 6.45) is 0. The van der Waals surface area contributed by atoms with Gasteiger partial charge in [-0.2, -0.15) is 19.3 Å². The van der Waals surface area contributed by atoms with E-state index in [1.165, 1.54) is 21.2 Å². The maximum absolute atomic E-state index is 13.5. The fourth-order valence-corrected chi connectivity index (χ4v) is 7.07. The number of anilines is 4. The zero-order valence-corrected chi connectivity index (χ0v) is 24.2. The Morgan fingerprint density at radius 2 is 1.52 bits per heavy atom. The van der Waals surface area contributed by atoms with E-state index < -0.39 is 10.0 Å². The molecular formula is C29H29N9O2S2. The quantitative estimate of drug-likeness (QED) is 0.237. The van der Waals surface area contributed by atoms with Crippen LogP contribution in [0.4, 0.5) is 22.7 Å². The molecule has 0 amide bonds. The number of aromatic nitrogens is 4. The van der Waals surface area contributed by atoms with Gasteiger partial charge in [0.25, 0.3) is 0 Å². The Balaban J connectivity index is 1.19. The molecule has 0 spiro atoms. The van der Waals surface area contributed by atoms with Gasteiger partial charge in [0.2, 0.25) is 21.9 Å². The Kier molecular flexibility index (Phi) is 7.80. The van der Waals surface area contributed by atoms with Crippen LogP contribution < -0.4 is 16.8 Å². The second-order valence-corrected chi connectivity index (χ2v) is 12.7. The van der Waals surface area contributed by atoms with E-state index in [1.807, 2.05) is 48.5 Å². The molecule has 42 heavy (non-hydrogen) atoms. The van der Waals surface area contributed by atoms with Crippen molar-refractivity contribution in [2.45, 2.75) is 11.4 Å². The van der Waals surface area contributed by atoms with Gasteiger partial charge in [-0.1, -0.05) is 78.1 Å². The number of nitrogens with one attached hydrogen (secondary N) is 1. The van der Waals surface area contributed by atoms with Gasteiger partial charge in [0.15, 0.2) is 11.0 Å². The first-order valence-corrected chi connectivity index (χ1v) is 15.6. The van der Waals surface area contributed by atoms with Gasteiger partial charge in [0.1, 0.15) is 4.88 Å². The Morgan fingerprint density at radius 3 is 2.26 bits per heavy atom. The molecule has 11 nitrogen and oxygen atoms in total. The van der Waals surface area contributed by atoms with Crippen LogP contribution in [0.25, 0.3) is 22.0 Å². The van der Waals surface area contributed by atoms with Crippen molar-refractivity contribution >= 4 is 44.1 Å². The van der Waals surface area contributed by atoms with Crippen LogP contribution in [0, 0.1) is 0 Å². The summed E-state index contributed by atoms with van der Waals surface area (Å²) in [6, 6.07) is 26.4. The third-order valence-corrected chi connectivity index (χ3v) is 9.63. The van der Waals surface area contributed by atoms with E-state index in [0.717, 1.165) is 12.1 Å². The molecule has 0 unspecified atom stereocenters. The number of nitrogens with two attached hydrogens (primary N) is 2. The molecule has 5 aromatic rings. The van der Waals surface area contributed by atoms with E-state index in [1.54, 1.807) is 24.3 Å². The highest BCUT2D eigenvalue weighted by molar-refractivity contribution is 7.89. The smallest absolute Gasteiger partial charge is 0.243 e. The zero-order chi connectivity index (χ0) is 29.1. The lowest BCUT2D eigenvalue weighted by atomic mass is 10.1. The monoisotopic (exact) mass is 599 g/mol. The number of hydrogen-bond acceptors (Lipinski definition) is 11. The molecule has 214 valence electrons. The molecule has 13 heteroatoms. The minimum Gasteiger partial charge on any atom is -0.375 e. The Hall–Kier alpha value is -4.43. The molecular weight excluding hydrogens is 571 g/mol. The third-order valence-electron chi connectivity index (χ3n) is 6.85. The molecule has 5 N–H and O–H groups in total. The van der Waals surface area contributed by atoms with E-state index in [-0.39, 0.29) is 16.8 Å². The molecule has 1 aliphatic rings. The number of sulfonamides is 1. The lowest BCUT2D eigenvalue weighted by Gasteiger charge is -2.34. The van der Waals surface area contributed by atoms with Gasteiger partial charge in [0, 0.05) is 44.0 Å². The number of thiazole rings is 1. The van der Waals surface area contributed by atoms with Crippen LogP contribution in [0.15, 0.2) is 89.8 Å². The van der Waals surface area contributed by atoms with Gasteiger partial charge >= 0.3 is 0 Å². The maximum Gasteiger partial charge on any atom is 0.243 e. The van der Waals surface area contributed by atoms with E-state index in [4.69, 9.17) is 11.5 Å². The van der Waals surface area contributed by atoms with Gasteiger partial charge in [0.05, 0.1) is 10.6 Å². The van der Waals surface area contributed by atoms with Crippen LogP contribution in [0.1, 0.15) is 5.56 Å². The van der Waals surface area contributed by atoms with Gasteiger partial charge in [-0.25, -0.2) is 13.4 Å². The first-order valence-electron chi connectivity index (χ1n) is 13.3.